The summed E-state index contributed by atoms with van der Waals surface area (Å²) in [5.74, 6) is 0.861. The lowest BCUT2D eigenvalue weighted by molar-refractivity contribution is -0.114. The van der Waals surface area contributed by atoms with Crippen molar-refractivity contribution in [3.63, 3.8) is 0 Å². The molecule has 3 heteroatoms. The lowest BCUT2D eigenvalue weighted by atomic mass is 9.87. The summed E-state index contributed by atoms with van der Waals surface area (Å²) in [5, 5.41) is 0. The summed E-state index contributed by atoms with van der Waals surface area (Å²) in [6, 6.07) is 9.98. The van der Waals surface area contributed by atoms with Crippen molar-refractivity contribution >= 4 is 5.78 Å². The monoisotopic (exact) mass is 272 g/mol. The molecule has 0 N–H and O–H groups in total. The van der Waals surface area contributed by atoms with Gasteiger partial charge >= 0.3 is 0 Å². The average Bonchev–Trinajstić information content (AvgIpc) is 2.45. The number of benzene rings is 1. The predicted molar refractivity (Wildman–Crippen MR) is 78.0 cm³/mol. The van der Waals surface area contributed by atoms with E-state index in [0.717, 1.165) is 16.9 Å². The van der Waals surface area contributed by atoms with E-state index in [0.29, 0.717) is 6.61 Å². The molecule has 0 spiro atoms. The molecule has 0 aliphatic heterocycles. The number of ether oxygens (including phenoxy) is 2. The van der Waals surface area contributed by atoms with E-state index < -0.39 is 0 Å². The molecule has 1 aromatic rings. The van der Waals surface area contributed by atoms with Crippen LogP contribution < -0.4 is 0 Å². The minimum Gasteiger partial charge on any atom is -0.490 e. The van der Waals surface area contributed by atoms with Crippen LogP contribution in [0.3, 0.4) is 0 Å². The molecule has 20 heavy (non-hydrogen) atoms. The average molecular weight is 272 g/mol. The van der Waals surface area contributed by atoms with Gasteiger partial charge < -0.3 is 9.47 Å². The van der Waals surface area contributed by atoms with E-state index in [1.807, 2.05) is 49.4 Å². The van der Waals surface area contributed by atoms with Crippen molar-refractivity contribution in [1.82, 2.24) is 0 Å². The van der Waals surface area contributed by atoms with Crippen LogP contribution >= 0.6 is 0 Å². The highest BCUT2D eigenvalue weighted by Crippen LogP contribution is 2.29. The van der Waals surface area contributed by atoms with Crippen LogP contribution in [-0.4, -0.2) is 19.0 Å². The lowest BCUT2D eigenvalue weighted by Gasteiger charge is -2.29. The van der Waals surface area contributed by atoms with Crippen LogP contribution in [0.1, 0.15) is 19.4 Å². The molecule has 1 aliphatic carbocycles. The molecule has 1 aromatic carbocycles. The zero-order chi connectivity index (χ0) is 14.5. The first-order valence-electron chi connectivity index (χ1n) is 6.75. The van der Waals surface area contributed by atoms with Gasteiger partial charge in [0.2, 0.25) is 0 Å². The molecule has 3 nitrogen and oxygen atoms in total. The van der Waals surface area contributed by atoms with Gasteiger partial charge in [0.05, 0.1) is 0 Å². The zero-order valence-corrected chi connectivity index (χ0v) is 12.1. The van der Waals surface area contributed by atoms with Crippen molar-refractivity contribution in [1.29, 1.82) is 0 Å². The molecule has 0 amide bonds. The van der Waals surface area contributed by atoms with Crippen LogP contribution in [0.4, 0.5) is 0 Å². The number of hydrogen-bond donors (Lipinski definition) is 0. The van der Waals surface area contributed by atoms with Gasteiger partial charge in [-0.1, -0.05) is 43.3 Å². The third-order valence-electron chi connectivity index (χ3n) is 3.56. The molecule has 0 saturated heterocycles. The SMILES string of the molecule is COC1C(OCc2ccccc2)=CC=C(C(C)=O)C1C. The molecule has 0 radical (unpaired) electrons. The van der Waals surface area contributed by atoms with Gasteiger partial charge in [0.15, 0.2) is 5.78 Å². The van der Waals surface area contributed by atoms with Crippen LogP contribution in [0.5, 0.6) is 0 Å². The van der Waals surface area contributed by atoms with Gasteiger partial charge in [0.1, 0.15) is 18.5 Å². The van der Waals surface area contributed by atoms with Crippen LogP contribution in [0.15, 0.2) is 53.8 Å². The van der Waals surface area contributed by atoms with Crippen molar-refractivity contribution in [2.75, 3.05) is 7.11 Å². The fraction of sp³-hybridized carbons (Fsp3) is 0.353. The Morgan fingerprint density at radius 3 is 2.50 bits per heavy atom. The smallest absolute Gasteiger partial charge is 0.156 e. The topological polar surface area (TPSA) is 35.5 Å². The summed E-state index contributed by atoms with van der Waals surface area (Å²) in [6.07, 6.45) is 3.47. The molecule has 0 fully saturated rings. The number of Topliss-reactive ketones (excluding diaryl/α,β-unsaturated/α-hetero) is 1. The Morgan fingerprint density at radius 1 is 1.20 bits per heavy atom. The predicted octanol–water partition coefficient (Wildman–Crippen LogP) is 3.27. The number of rotatable bonds is 5. The molecule has 2 rings (SSSR count). The molecule has 2 unspecified atom stereocenters. The molecule has 0 saturated carbocycles. The molecule has 2 atom stereocenters. The third kappa shape index (κ3) is 3.17. The van der Waals surface area contributed by atoms with Crippen LogP contribution in [0.2, 0.25) is 0 Å². The summed E-state index contributed by atoms with van der Waals surface area (Å²) in [7, 11) is 1.64. The Balaban J connectivity index is 2.11. The molecule has 1 aliphatic rings. The Bertz CT molecular complexity index is 528. The lowest BCUT2D eigenvalue weighted by Crippen LogP contribution is -2.30. The fourth-order valence-electron chi connectivity index (χ4n) is 2.46. The Kier molecular flexibility index (Phi) is 4.74. The van der Waals surface area contributed by atoms with Crippen molar-refractivity contribution in [3.8, 4) is 0 Å². The highest BCUT2D eigenvalue weighted by Gasteiger charge is 2.30. The number of allylic oxidation sites excluding steroid dienone is 2. The largest absolute Gasteiger partial charge is 0.490 e. The number of methoxy groups -OCH3 is 1. The highest BCUT2D eigenvalue weighted by atomic mass is 16.5. The van der Waals surface area contributed by atoms with E-state index >= 15 is 0 Å². The summed E-state index contributed by atoms with van der Waals surface area (Å²) in [5.41, 5.74) is 1.89. The van der Waals surface area contributed by atoms with Crippen LogP contribution in [0, 0.1) is 5.92 Å². The molecule has 0 bridgehead atoms. The fourth-order valence-corrected chi connectivity index (χ4v) is 2.46. The first-order valence-corrected chi connectivity index (χ1v) is 6.75. The number of hydrogen-bond acceptors (Lipinski definition) is 3. The minimum absolute atomic E-state index is 0.00766. The maximum atomic E-state index is 11.6. The van der Waals surface area contributed by atoms with E-state index in [9.17, 15) is 4.79 Å². The van der Waals surface area contributed by atoms with Crippen molar-refractivity contribution in [2.45, 2.75) is 26.6 Å². The van der Waals surface area contributed by atoms with Gasteiger partial charge in [0, 0.05) is 18.6 Å². The maximum absolute atomic E-state index is 11.6. The number of carbonyl (C=O) groups is 1. The Morgan fingerprint density at radius 2 is 1.90 bits per heavy atom. The maximum Gasteiger partial charge on any atom is 0.156 e. The minimum atomic E-state index is -0.206. The first-order chi connectivity index (χ1) is 9.63. The number of carbonyl (C=O) groups excluding carboxylic acids is 1. The second-order valence-electron chi connectivity index (χ2n) is 4.97. The van der Waals surface area contributed by atoms with E-state index in [1.165, 1.54) is 0 Å². The van der Waals surface area contributed by atoms with E-state index in [-0.39, 0.29) is 17.8 Å². The normalized spacial score (nSPS) is 21.9. The van der Waals surface area contributed by atoms with Gasteiger partial charge in [-0.05, 0) is 18.6 Å². The summed E-state index contributed by atoms with van der Waals surface area (Å²) in [6.45, 7) is 4.07. The van der Waals surface area contributed by atoms with E-state index in [2.05, 4.69) is 0 Å². The van der Waals surface area contributed by atoms with Crippen LogP contribution in [0.25, 0.3) is 0 Å². The second-order valence-corrected chi connectivity index (χ2v) is 4.97. The molecule has 0 heterocycles. The van der Waals surface area contributed by atoms with Crippen molar-refractivity contribution in [2.24, 2.45) is 5.92 Å². The van der Waals surface area contributed by atoms with Gasteiger partial charge in [-0.25, -0.2) is 0 Å². The van der Waals surface area contributed by atoms with E-state index in [1.54, 1.807) is 14.0 Å². The zero-order valence-electron chi connectivity index (χ0n) is 12.1. The molecular formula is C17H20O3. The molecule has 0 aromatic heterocycles. The van der Waals surface area contributed by atoms with Gasteiger partial charge in [-0.15, -0.1) is 0 Å². The van der Waals surface area contributed by atoms with Crippen molar-refractivity contribution < 1.29 is 14.3 Å². The quantitative estimate of drug-likeness (QED) is 0.825. The number of ketones is 1. The van der Waals surface area contributed by atoms with Gasteiger partial charge in [0.25, 0.3) is 0 Å². The van der Waals surface area contributed by atoms with Gasteiger partial charge in [-0.3, -0.25) is 4.79 Å². The standard InChI is InChI=1S/C17H20O3/c1-12-15(13(2)18)9-10-16(17(12)19-3)20-11-14-7-5-4-6-8-14/h4-10,12,17H,11H2,1-3H3. The van der Waals surface area contributed by atoms with Gasteiger partial charge in [-0.2, -0.15) is 0 Å². The summed E-state index contributed by atoms with van der Waals surface area (Å²) >= 11 is 0. The Hall–Kier alpha value is -1.87. The van der Waals surface area contributed by atoms with Crippen molar-refractivity contribution in [3.05, 3.63) is 59.4 Å². The highest BCUT2D eigenvalue weighted by molar-refractivity contribution is 5.94. The molecule has 106 valence electrons. The van der Waals surface area contributed by atoms with Crippen LogP contribution in [-0.2, 0) is 20.9 Å². The first kappa shape index (κ1) is 14.5. The second kappa shape index (κ2) is 6.53. The molecular weight excluding hydrogens is 252 g/mol. The summed E-state index contributed by atoms with van der Waals surface area (Å²) < 4.78 is 11.3. The third-order valence-corrected chi connectivity index (χ3v) is 3.56. The summed E-state index contributed by atoms with van der Waals surface area (Å²) in [4.78, 5) is 11.6. The Labute approximate surface area is 119 Å². The van der Waals surface area contributed by atoms with E-state index in [4.69, 9.17) is 9.47 Å².